The fourth-order valence-corrected chi connectivity index (χ4v) is 4.94. The van der Waals surface area contributed by atoms with E-state index in [1.807, 2.05) is 18.0 Å². The van der Waals surface area contributed by atoms with Crippen LogP contribution in [0.25, 0.3) is 22.3 Å². The van der Waals surface area contributed by atoms with Gasteiger partial charge in [-0.2, -0.15) is 18.4 Å². The van der Waals surface area contributed by atoms with Crippen molar-refractivity contribution in [1.82, 2.24) is 24.2 Å². The zero-order valence-electron chi connectivity index (χ0n) is 18.3. The smallest absolute Gasteiger partial charge is 0.351 e. The molecular formula is C22H24F3N7S. The first-order valence-corrected chi connectivity index (χ1v) is 11.7. The van der Waals surface area contributed by atoms with Gasteiger partial charge in [0.1, 0.15) is 11.7 Å². The number of aromatic amines is 1. The van der Waals surface area contributed by atoms with Crippen molar-refractivity contribution in [3.63, 3.8) is 0 Å². The summed E-state index contributed by atoms with van der Waals surface area (Å²) >= 11 is 1.86. The molecule has 3 aromatic heterocycles. The van der Waals surface area contributed by atoms with Crippen LogP contribution in [0.4, 0.5) is 19.1 Å². The SMILES string of the molecule is CCSN1CCC(C(C)Nc2ncc(C#N)c(-c3c[nH]c4ncc(C(F)(F)F)cc34)n2)CC1. The van der Waals surface area contributed by atoms with Gasteiger partial charge in [0.05, 0.1) is 23.0 Å². The summed E-state index contributed by atoms with van der Waals surface area (Å²) in [5.74, 6) is 1.86. The number of hydrogen-bond donors (Lipinski definition) is 2. The second-order valence-corrected chi connectivity index (χ2v) is 9.36. The molecule has 0 radical (unpaired) electrons. The highest BCUT2D eigenvalue weighted by atomic mass is 32.2. The van der Waals surface area contributed by atoms with Gasteiger partial charge < -0.3 is 10.3 Å². The van der Waals surface area contributed by atoms with Crippen LogP contribution in [-0.4, -0.2) is 49.1 Å². The van der Waals surface area contributed by atoms with Gasteiger partial charge in [-0.15, -0.1) is 0 Å². The number of rotatable bonds is 6. The molecule has 174 valence electrons. The Morgan fingerprint density at radius 1 is 1.30 bits per heavy atom. The average molecular weight is 476 g/mol. The molecule has 11 heteroatoms. The summed E-state index contributed by atoms with van der Waals surface area (Å²) < 4.78 is 42.0. The van der Waals surface area contributed by atoms with Crippen LogP contribution < -0.4 is 5.32 Å². The Balaban J connectivity index is 1.60. The van der Waals surface area contributed by atoms with Gasteiger partial charge in [-0.3, -0.25) is 4.31 Å². The van der Waals surface area contributed by atoms with Gasteiger partial charge in [0.25, 0.3) is 0 Å². The molecule has 0 bridgehead atoms. The van der Waals surface area contributed by atoms with Crippen molar-refractivity contribution in [1.29, 1.82) is 5.26 Å². The van der Waals surface area contributed by atoms with Crippen molar-refractivity contribution in [2.75, 3.05) is 24.2 Å². The minimum absolute atomic E-state index is 0.112. The summed E-state index contributed by atoms with van der Waals surface area (Å²) in [4.78, 5) is 15.5. The van der Waals surface area contributed by atoms with E-state index < -0.39 is 11.7 Å². The maximum absolute atomic E-state index is 13.2. The molecule has 1 saturated heterocycles. The summed E-state index contributed by atoms with van der Waals surface area (Å²) in [5.41, 5.74) is 0.256. The highest BCUT2D eigenvalue weighted by molar-refractivity contribution is 7.96. The Bertz CT molecular complexity index is 1160. The predicted octanol–water partition coefficient (Wildman–Crippen LogP) is 5.09. The summed E-state index contributed by atoms with van der Waals surface area (Å²) in [6, 6.07) is 3.17. The first-order valence-electron chi connectivity index (χ1n) is 10.8. The molecule has 0 aromatic carbocycles. The van der Waals surface area contributed by atoms with Gasteiger partial charge in [0.2, 0.25) is 5.95 Å². The quantitative estimate of drug-likeness (QED) is 0.480. The van der Waals surface area contributed by atoms with Gasteiger partial charge in [-0.1, -0.05) is 18.9 Å². The van der Waals surface area contributed by atoms with Crippen LogP contribution >= 0.6 is 11.9 Å². The molecule has 0 amide bonds. The van der Waals surface area contributed by atoms with E-state index in [-0.39, 0.29) is 22.7 Å². The Hall–Kier alpha value is -2.84. The van der Waals surface area contributed by atoms with E-state index in [2.05, 4.69) is 43.4 Å². The van der Waals surface area contributed by atoms with E-state index in [4.69, 9.17) is 0 Å². The normalized spacial score (nSPS) is 16.6. The third-order valence-electron chi connectivity index (χ3n) is 5.90. The van der Waals surface area contributed by atoms with Crippen LogP contribution in [0.3, 0.4) is 0 Å². The van der Waals surface area contributed by atoms with Crippen LogP contribution in [0.2, 0.25) is 0 Å². The van der Waals surface area contributed by atoms with Crippen molar-refractivity contribution in [3.05, 3.63) is 35.8 Å². The number of nitrogens with zero attached hydrogens (tertiary/aromatic N) is 5. The monoisotopic (exact) mass is 475 g/mol. The fraction of sp³-hybridized carbons (Fsp3) is 0.455. The average Bonchev–Trinajstić information content (AvgIpc) is 3.22. The molecule has 1 atom stereocenters. The summed E-state index contributed by atoms with van der Waals surface area (Å²) in [5, 5.41) is 13.1. The van der Waals surface area contributed by atoms with E-state index >= 15 is 0 Å². The second kappa shape index (κ2) is 9.57. The van der Waals surface area contributed by atoms with Gasteiger partial charge in [-0.05, 0) is 31.7 Å². The molecule has 4 heterocycles. The lowest BCUT2D eigenvalue weighted by atomic mass is 9.91. The Morgan fingerprint density at radius 2 is 2.06 bits per heavy atom. The minimum atomic E-state index is -4.52. The second-order valence-electron chi connectivity index (χ2n) is 8.01. The van der Waals surface area contributed by atoms with Gasteiger partial charge in [-0.25, -0.2) is 15.0 Å². The molecule has 0 saturated carbocycles. The highest BCUT2D eigenvalue weighted by Crippen LogP contribution is 2.35. The number of pyridine rings is 1. The minimum Gasteiger partial charge on any atom is -0.351 e. The molecule has 33 heavy (non-hydrogen) atoms. The fourth-order valence-electron chi connectivity index (χ4n) is 4.10. The number of hydrogen-bond acceptors (Lipinski definition) is 7. The molecule has 0 aliphatic carbocycles. The van der Waals surface area contributed by atoms with Crippen molar-refractivity contribution in [2.45, 2.75) is 38.9 Å². The molecule has 1 fully saturated rings. The molecule has 1 unspecified atom stereocenters. The number of fused-ring (bicyclic) bond motifs is 1. The van der Waals surface area contributed by atoms with Crippen molar-refractivity contribution in [2.24, 2.45) is 5.92 Å². The number of halogens is 3. The molecule has 3 aromatic rings. The highest BCUT2D eigenvalue weighted by Gasteiger charge is 2.32. The first kappa shape index (κ1) is 23.3. The van der Waals surface area contributed by atoms with Crippen LogP contribution in [0, 0.1) is 17.2 Å². The van der Waals surface area contributed by atoms with Gasteiger partial charge >= 0.3 is 6.18 Å². The van der Waals surface area contributed by atoms with E-state index in [0.717, 1.165) is 43.9 Å². The number of nitrogens with one attached hydrogen (secondary N) is 2. The zero-order chi connectivity index (χ0) is 23.6. The van der Waals surface area contributed by atoms with Crippen LogP contribution in [0.5, 0.6) is 0 Å². The molecule has 7 nitrogen and oxygen atoms in total. The largest absolute Gasteiger partial charge is 0.417 e. The summed E-state index contributed by atoms with van der Waals surface area (Å²) in [6.45, 7) is 6.28. The lowest BCUT2D eigenvalue weighted by Gasteiger charge is -2.34. The predicted molar refractivity (Wildman–Crippen MR) is 122 cm³/mol. The van der Waals surface area contributed by atoms with Crippen molar-refractivity contribution < 1.29 is 13.2 Å². The molecule has 2 N–H and O–H groups in total. The summed E-state index contributed by atoms with van der Waals surface area (Å²) in [7, 11) is 0. The van der Waals surface area contributed by atoms with Crippen LogP contribution in [-0.2, 0) is 6.18 Å². The van der Waals surface area contributed by atoms with Crippen molar-refractivity contribution in [3.8, 4) is 17.3 Å². The Morgan fingerprint density at radius 3 is 2.73 bits per heavy atom. The number of H-pyrrole nitrogens is 1. The molecular weight excluding hydrogens is 451 g/mol. The maximum Gasteiger partial charge on any atom is 0.417 e. The van der Waals surface area contributed by atoms with E-state index in [0.29, 0.717) is 23.1 Å². The van der Waals surface area contributed by atoms with E-state index in [1.54, 1.807) is 0 Å². The Kier molecular flexibility index (Phi) is 6.76. The third-order valence-corrected chi connectivity index (χ3v) is 6.89. The maximum atomic E-state index is 13.2. The van der Waals surface area contributed by atoms with E-state index in [9.17, 15) is 18.4 Å². The number of alkyl halides is 3. The number of nitriles is 1. The topological polar surface area (TPSA) is 93.5 Å². The van der Waals surface area contributed by atoms with Crippen molar-refractivity contribution >= 4 is 28.9 Å². The lowest BCUT2D eigenvalue weighted by Crippen LogP contribution is -2.36. The van der Waals surface area contributed by atoms with Gasteiger partial charge in [0, 0.05) is 48.2 Å². The third kappa shape index (κ3) is 5.07. The van der Waals surface area contributed by atoms with Crippen LogP contribution in [0.15, 0.2) is 24.7 Å². The molecule has 1 aliphatic rings. The van der Waals surface area contributed by atoms with Crippen LogP contribution in [0.1, 0.15) is 37.8 Å². The molecule has 1 aliphatic heterocycles. The number of aromatic nitrogens is 4. The number of anilines is 1. The molecule has 4 rings (SSSR count). The standard InChI is InChI=1S/C22H24F3N7S/c1-3-33-32-6-4-14(5-7-32)13(2)30-21-29-10-15(9-26)19(31-21)18-12-28-20-17(18)8-16(11-27-20)22(23,24)25/h8,10-14H,3-7H2,1-2H3,(H,27,28)(H,29,30,31). The van der Waals surface area contributed by atoms with Gasteiger partial charge in [0.15, 0.2) is 0 Å². The Labute approximate surface area is 194 Å². The molecule has 0 spiro atoms. The zero-order valence-corrected chi connectivity index (χ0v) is 19.1. The lowest BCUT2D eigenvalue weighted by molar-refractivity contribution is -0.137. The van der Waals surface area contributed by atoms with E-state index in [1.165, 1.54) is 12.4 Å². The first-order chi connectivity index (χ1) is 15.8. The summed E-state index contributed by atoms with van der Waals surface area (Å²) in [6.07, 6.45) is 1.30. The number of piperidine rings is 1.